The molecule has 3 rings (SSSR count). The van der Waals surface area contributed by atoms with Crippen LogP contribution in [-0.4, -0.2) is 29.0 Å². The van der Waals surface area contributed by atoms with Crippen LogP contribution in [0.5, 0.6) is 0 Å². The van der Waals surface area contributed by atoms with E-state index in [9.17, 15) is 4.79 Å². The number of nitrogens with zero attached hydrogens (tertiary/aromatic N) is 3. The molecule has 0 aliphatic carbocycles. The average molecular weight is 352 g/mol. The zero-order valence-corrected chi connectivity index (χ0v) is 16.0. The molecule has 0 bridgehead atoms. The number of carbonyl (C=O) groups is 1. The molecule has 0 saturated carbocycles. The zero-order chi connectivity index (χ0) is 18.6. The molecule has 5 heteroatoms. The first-order valence-electron chi connectivity index (χ1n) is 9.44. The Morgan fingerprint density at radius 1 is 1.04 bits per heavy atom. The number of rotatable bonds is 3. The highest BCUT2D eigenvalue weighted by Gasteiger charge is 2.20. The van der Waals surface area contributed by atoms with Gasteiger partial charge in [-0.3, -0.25) is 4.79 Å². The standard InChI is InChI=1S/C21H28N4O/c1-21(2,3)16-10-6-7-11-17(16)23-19(26)18-12-13-22-20(24-18)25-14-8-4-5-9-15-25/h6-7,10-13H,4-5,8-9,14-15H2,1-3H3,(H,23,26). The van der Waals surface area contributed by atoms with E-state index in [0.717, 1.165) is 37.2 Å². The van der Waals surface area contributed by atoms with E-state index in [1.54, 1.807) is 12.3 Å². The Labute approximate surface area is 155 Å². The van der Waals surface area contributed by atoms with Crippen molar-refractivity contribution < 1.29 is 4.79 Å². The summed E-state index contributed by atoms with van der Waals surface area (Å²) < 4.78 is 0. The number of aromatic nitrogens is 2. The van der Waals surface area contributed by atoms with Gasteiger partial charge < -0.3 is 10.2 Å². The first-order valence-corrected chi connectivity index (χ1v) is 9.44. The molecule has 1 aromatic heterocycles. The summed E-state index contributed by atoms with van der Waals surface area (Å²) >= 11 is 0. The van der Waals surface area contributed by atoms with Gasteiger partial charge in [0.25, 0.3) is 5.91 Å². The monoisotopic (exact) mass is 352 g/mol. The Morgan fingerprint density at radius 3 is 2.42 bits per heavy atom. The predicted molar refractivity (Wildman–Crippen MR) is 106 cm³/mol. The van der Waals surface area contributed by atoms with E-state index in [4.69, 9.17) is 0 Å². The molecule has 1 N–H and O–H groups in total. The van der Waals surface area contributed by atoms with Crippen molar-refractivity contribution in [2.75, 3.05) is 23.3 Å². The largest absolute Gasteiger partial charge is 0.341 e. The summed E-state index contributed by atoms with van der Waals surface area (Å²) in [5, 5.41) is 3.03. The minimum atomic E-state index is -0.194. The molecule has 1 aliphatic heterocycles. The molecule has 0 unspecified atom stereocenters. The van der Waals surface area contributed by atoms with Crippen LogP contribution in [0.2, 0.25) is 0 Å². The molecule has 0 spiro atoms. The molecule has 1 aliphatic rings. The van der Waals surface area contributed by atoms with E-state index in [2.05, 4.69) is 47.0 Å². The lowest BCUT2D eigenvalue weighted by atomic mass is 9.86. The van der Waals surface area contributed by atoms with Gasteiger partial charge in [0.15, 0.2) is 0 Å². The number of nitrogens with one attached hydrogen (secondary N) is 1. The first kappa shape index (κ1) is 18.4. The lowest BCUT2D eigenvalue weighted by molar-refractivity contribution is 0.102. The lowest BCUT2D eigenvalue weighted by Crippen LogP contribution is -2.27. The second-order valence-electron chi connectivity index (χ2n) is 7.89. The molecular weight excluding hydrogens is 324 g/mol. The summed E-state index contributed by atoms with van der Waals surface area (Å²) in [6, 6.07) is 9.61. The van der Waals surface area contributed by atoms with Crippen molar-refractivity contribution in [2.24, 2.45) is 0 Å². The van der Waals surface area contributed by atoms with Crippen LogP contribution < -0.4 is 10.2 Å². The van der Waals surface area contributed by atoms with Crippen molar-refractivity contribution in [3.8, 4) is 0 Å². The van der Waals surface area contributed by atoms with Crippen LogP contribution in [0.1, 0.15) is 62.5 Å². The van der Waals surface area contributed by atoms with E-state index >= 15 is 0 Å². The summed E-state index contributed by atoms with van der Waals surface area (Å²) in [6.45, 7) is 8.33. The van der Waals surface area contributed by atoms with Gasteiger partial charge in [0.1, 0.15) is 5.69 Å². The smallest absolute Gasteiger partial charge is 0.274 e. The van der Waals surface area contributed by atoms with E-state index < -0.39 is 0 Å². The number of amides is 1. The fraction of sp³-hybridized carbons (Fsp3) is 0.476. The van der Waals surface area contributed by atoms with E-state index in [-0.39, 0.29) is 11.3 Å². The summed E-state index contributed by atoms with van der Waals surface area (Å²) in [5.74, 6) is 0.462. The Morgan fingerprint density at radius 2 is 1.73 bits per heavy atom. The quantitative estimate of drug-likeness (QED) is 0.889. The van der Waals surface area contributed by atoms with Crippen LogP contribution in [0.25, 0.3) is 0 Å². The minimum absolute atomic E-state index is 0.0489. The second-order valence-corrected chi connectivity index (χ2v) is 7.89. The summed E-state index contributed by atoms with van der Waals surface area (Å²) in [4.78, 5) is 23.9. The third-order valence-electron chi connectivity index (χ3n) is 4.75. The molecule has 0 radical (unpaired) electrons. The Bertz CT molecular complexity index is 759. The second kappa shape index (κ2) is 7.85. The Hall–Kier alpha value is -2.43. The van der Waals surface area contributed by atoms with Crippen LogP contribution in [0.4, 0.5) is 11.6 Å². The number of hydrogen-bond donors (Lipinski definition) is 1. The number of para-hydroxylation sites is 1. The van der Waals surface area contributed by atoms with Gasteiger partial charge in [-0.25, -0.2) is 9.97 Å². The Balaban J connectivity index is 1.80. The van der Waals surface area contributed by atoms with E-state index in [0.29, 0.717) is 11.6 Å². The van der Waals surface area contributed by atoms with Gasteiger partial charge >= 0.3 is 0 Å². The normalized spacial score (nSPS) is 15.4. The fourth-order valence-electron chi connectivity index (χ4n) is 3.33. The first-order chi connectivity index (χ1) is 12.4. The fourth-order valence-corrected chi connectivity index (χ4v) is 3.33. The number of carbonyl (C=O) groups excluding carboxylic acids is 1. The highest BCUT2D eigenvalue weighted by atomic mass is 16.1. The van der Waals surface area contributed by atoms with Crippen molar-refractivity contribution in [2.45, 2.75) is 51.9 Å². The van der Waals surface area contributed by atoms with Crippen LogP contribution in [0.3, 0.4) is 0 Å². The van der Waals surface area contributed by atoms with Gasteiger partial charge in [-0.2, -0.15) is 0 Å². The van der Waals surface area contributed by atoms with Gasteiger partial charge in [0.05, 0.1) is 0 Å². The number of benzene rings is 1. The van der Waals surface area contributed by atoms with Gasteiger partial charge in [-0.1, -0.05) is 51.8 Å². The van der Waals surface area contributed by atoms with Gasteiger partial charge in [-0.05, 0) is 36.0 Å². The maximum absolute atomic E-state index is 12.8. The molecule has 1 saturated heterocycles. The third-order valence-corrected chi connectivity index (χ3v) is 4.75. The molecule has 0 atom stereocenters. The van der Waals surface area contributed by atoms with Crippen molar-refractivity contribution in [1.29, 1.82) is 0 Å². The number of anilines is 2. The molecule has 2 heterocycles. The summed E-state index contributed by atoms with van der Waals surface area (Å²) in [5.41, 5.74) is 2.30. The zero-order valence-electron chi connectivity index (χ0n) is 16.0. The molecule has 138 valence electrons. The van der Waals surface area contributed by atoms with E-state index in [1.165, 1.54) is 12.8 Å². The predicted octanol–water partition coefficient (Wildman–Crippen LogP) is 4.41. The SMILES string of the molecule is CC(C)(C)c1ccccc1NC(=O)c1ccnc(N2CCCCCC2)n1. The average Bonchev–Trinajstić information content (AvgIpc) is 2.91. The highest BCUT2D eigenvalue weighted by molar-refractivity contribution is 6.03. The number of hydrogen-bond acceptors (Lipinski definition) is 4. The molecule has 5 nitrogen and oxygen atoms in total. The molecule has 1 fully saturated rings. The Kier molecular flexibility index (Phi) is 5.55. The van der Waals surface area contributed by atoms with E-state index in [1.807, 2.05) is 18.2 Å². The maximum atomic E-state index is 12.8. The van der Waals surface area contributed by atoms with Crippen LogP contribution in [-0.2, 0) is 5.41 Å². The molecule has 26 heavy (non-hydrogen) atoms. The molecule has 1 aromatic carbocycles. The third kappa shape index (κ3) is 4.40. The van der Waals surface area contributed by atoms with Crippen LogP contribution in [0.15, 0.2) is 36.5 Å². The molecular formula is C21H28N4O. The minimum Gasteiger partial charge on any atom is -0.341 e. The lowest BCUT2D eigenvalue weighted by Gasteiger charge is -2.23. The van der Waals surface area contributed by atoms with Gasteiger partial charge in [-0.15, -0.1) is 0 Å². The van der Waals surface area contributed by atoms with Crippen molar-refractivity contribution in [3.05, 3.63) is 47.8 Å². The topological polar surface area (TPSA) is 58.1 Å². The molecule has 2 aromatic rings. The van der Waals surface area contributed by atoms with Crippen molar-refractivity contribution in [3.63, 3.8) is 0 Å². The van der Waals surface area contributed by atoms with Gasteiger partial charge in [0, 0.05) is 25.0 Å². The summed E-state index contributed by atoms with van der Waals surface area (Å²) in [6.07, 6.45) is 6.48. The molecule has 1 amide bonds. The van der Waals surface area contributed by atoms with Crippen molar-refractivity contribution in [1.82, 2.24) is 9.97 Å². The maximum Gasteiger partial charge on any atom is 0.274 e. The van der Waals surface area contributed by atoms with Crippen molar-refractivity contribution >= 4 is 17.5 Å². The highest BCUT2D eigenvalue weighted by Crippen LogP contribution is 2.29. The van der Waals surface area contributed by atoms with Crippen LogP contribution >= 0.6 is 0 Å². The van der Waals surface area contributed by atoms with Crippen LogP contribution in [0, 0.1) is 0 Å². The summed E-state index contributed by atoms with van der Waals surface area (Å²) in [7, 11) is 0. The van der Waals surface area contributed by atoms with Gasteiger partial charge in [0.2, 0.25) is 5.95 Å².